The Morgan fingerprint density at radius 3 is 1.92 bits per heavy atom. The van der Waals surface area contributed by atoms with Crippen molar-refractivity contribution < 1.29 is 22.6 Å². The molecule has 7 heteroatoms. The first-order valence-corrected chi connectivity index (χ1v) is 7.34. The Morgan fingerprint density at radius 2 is 1.40 bits per heavy atom. The summed E-state index contributed by atoms with van der Waals surface area (Å²) < 4.78 is 52.7. The lowest BCUT2D eigenvalue weighted by Gasteiger charge is -2.11. The number of halogens is 3. The summed E-state index contributed by atoms with van der Waals surface area (Å²) in [5.41, 5.74) is 1.71. The highest BCUT2D eigenvalue weighted by Gasteiger charge is 2.19. The molecular formula is C18H15F3N2O2. The van der Waals surface area contributed by atoms with E-state index in [4.69, 9.17) is 9.47 Å². The molecule has 1 heterocycles. The zero-order valence-electron chi connectivity index (χ0n) is 13.8. The molecular weight excluding hydrogens is 333 g/mol. The summed E-state index contributed by atoms with van der Waals surface area (Å²) >= 11 is 0. The van der Waals surface area contributed by atoms with Crippen molar-refractivity contribution in [1.82, 2.24) is 9.55 Å². The first-order chi connectivity index (χ1) is 11.9. The van der Waals surface area contributed by atoms with E-state index in [0.717, 1.165) is 12.1 Å². The number of imidazole rings is 1. The van der Waals surface area contributed by atoms with E-state index in [-0.39, 0.29) is 5.56 Å². The first-order valence-electron chi connectivity index (χ1n) is 7.34. The third-order valence-corrected chi connectivity index (χ3v) is 3.82. The van der Waals surface area contributed by atoms with Gasteiger partial charge in [-0.05, 0) is 24.3 Å². The Labute approximate surface area is 142 Å². The van der Waals surface area contributed by atoms with Gasteiger partial charge in [0, 0.05) is 24.2 Å². The van der Waals surface area contributed by atoms with Crippen molar-refractivity contribution in [1.29, 1.82) is 0 Å². The minimum absolute atomic E-state index is 0.133. The molecule has 0 saturated heterocycles. The summed E-state index contributed by atoms with van der Waals surface area (Å²) in [5.74, 6) is -2.94. The first kappa shape index (κ1) is 16.9. The van der Waals surface area contributed by atoms with Crippen molar-refractivity contribution in [3.8, 4) is 34.0 Å². The van der Waals surface area contributed by atoms with E-state index in [1.54, 1.807) is 29.8 Å². The molecule has 3 aromatic rings. The van der Waals surface area contributed by atoms with Crippen molar-refractivity contribution >= 4 is 0 Å². The fourth-order valence-electron chi connectivity index (χ4n) is 2.62. The molecule has 0 aliphatic rings. The molecule has 0 atom stereocenters. The molecule has 0 bridgehead atoms. The van der Waals surface area contributed by atoms with Crippen molar-refractivity contribution in [2.75, 3.05) is 14.2 Å². The maximum atomic E-state index is 13.6. The highest BCUT2D eigenvalue weighted by Crippen LogP contribution is 2.36. The second kappa shape index (κ2) is 6.51. The summed E-state index contributed by atoms with van der Waals surface area (Å²) in [6.45, 7) is 0. The zero-order chi connectivity index (χ0) is 18.1. The van der Waals surface area contributed by atoms with Crippen molar-refractivity contribution in [3.63, 3.8) is 0 Å². The van der Waals surface area contributed by atoms with Crippen LogP contribution in [0.5, 0.6) is 11.5 Å². The van der Waals surface area contributed by atoms with Crippen LogP contribution in [0.1, 0.15) is 0 Å². The fraction of sp³-hybridized carbons (Fsp3) is 0.167. The molecule has 1 aromatic heterocycles. The second-order valence-corrected chi connectivity index (χ2v) is 5.41. The number of hydrogen-bond acceptors (Lipinski definition) is 3. The van der Waals surface area contributed by atoms with Crippen molar-refractivity contribution in [2.24, 2.45) is 7.05 Å². The molecule has 4 nitrogen and oxygen atoms in total. The van der Waals surface area contributed by atoms with Gasteiger partial charge in [-0.25, -0.2) is 18.2 Å². The SMILES string of the molecule is COc1cc(OC)cc(-c2c(-c3cc(F)c(F)c(F)c3)ncn2C)c1. The van der Waals surface area contributed by atoms with E-state index in [1.807, 2.05) is 0 Å². The topological polar surface area (TPSA) is 36.3 Å². The van der Waals surface area contributed by atoms with Gasteiger partial charge >= 0.3 is 0 Å². The number of ether oxygens (including phenoxy) is 2. The number of hydrogen-bond donors (Lipinski definition) is 0. The summed E-state index contributed by atoms with van der Waals surface area (Å²) in [5, 5.41) is 0. The van der Waals surface area contributed by atoms with Crippen LogP contribution in [-0.2, 0) is 7.05 Å². The third-order valence-electron chi connectivity index (χ3n) is 3.82. The molecule has 2 aromatic carbocycles. The number of methoxy groups -OCH3 is 2. The molecule has 0 unspecified atom stereocenters. The minimum atomic E-state index is -1.51. The predicted octanol–water partition coefficient (Wildman–Crippen LogP) is 4.19. The number of aromatic nitrogens is 2. The van der Waals surface area contributed by atoms with Crippen LogP contribution >= 0.6 is 0 Å². The Bertz CT molecular complexity index is 893. The van der Waals surface area contributed by atoms with Crippen LogP contribution < -0.4 is 9.47 Å². The van der Waals surface area contributed by atoms with Crippen LogP contribution in [0.2, 0.25) is 0 Å². The Morgan fingerprint density at radius 1 is 0.840 bits per heavy atom. The Kier molecular flexibility index (Phi) is 4.39. The van der Waals surface area contributed by atoms with Crippen LogP contribution in [0.4, 0.5) is 13.2 Å². The van der Waals surface area contributed by atoms with Gasteiger partial charge in [-0.3, -0.25) is 0 Å². The molecule has 0 fully saturated rings. The van der Waals surface area contributed by atoms with Crippen molar-refractivity contribution in [2.45, 2.75) is 0 Å². The molecule has 0 saturated carbocycles. The van der Waals surface area contributed by atoms with E-state index in [0.29, 0.717) is 28.5 Å². The highest BCUT2D eigenvalue weighted by atomic mass is 19.2. The van der Waals surface area contributed by atoms with Gasteiger partial charge in [0.25, 0.3) is 0 Å². The summed E-state index contributed by atoms with van der Waals surface area (Å²) in [4.78, 5) is 4.21. The lowest BCUT2D eigenvalue weighted by atomic mass is 10.0. The van der Waals surface area contributed by atoms with E-state index in [1.165, 1.54) is 20.5 Å². The number of aryl methyl sites for hydroxylation is 1. The quantitative estimate of drug-likeness (QED) is 0.664. The molecule has 0 N–H and O–H groups in total. The highest BCUT2D eigenvalue weighted by molar-refractivity contribution is 5.80. The van der Waals surface area contributed by atoms with Gasteiger partial charge in [-0.2, -0.15) is 0 Å². The monoisotopic (exact) mass is 348 g/mol. The second-order valence-electron chi connectivity index (χ2n) is 5.41. The zero-order valence-corrected chi connectivity index (χ0v) is 13.8. The molecule has 0 aliphatic heterocycles. The predicted molar refractivity (Wildman–Crippen MR) is 87.1 cm³/mol. The van der Waals surface area contributed by atoms with Gasteiger partial charge in [0.2, 0.25) is 0 Å². The molecule has 130 valence electrons. The maximum Gasteiger partial charge on any atom is 0.194 e. The molecule has 3 rings (SSSR count). The van der Waals surface area contributed by atoms with E-state index >= 15 is 0 Å². The van der Waals surface area contributed by atoms with Crippen LogP contribution in [0.25, 0.3) is 22.5 Å². The van der Waals surface area contributed by atoms with Crippen LogP contribution in [0.3, 0.4) is 0 Å². The number of benzene rings is 2. The van der Waals surface area contributed by atoms with E-state index in [9.17, 15) is 13.2 Å². The van der Waals surface area contributed by atoms with Crippen LogP contribution in [0.15, 0.2) is 36.7 Å². The average molecular weight is 348 g/mol. The average Bonchev–Trinajstić information content (AvgIpc) is 3.00. The van der Waals surface area contributed by atoms with E-state index < -0.39 is 17.5 Å². The van der Waals surface area contributed by atoms with Crippen LogP contribution in [-0.4, -0.2) is 23.8 Å². The van der Waals surface area contributed by atoms with Crippen LogP contribution in [0, 0.1) is 17.5 Å². The largest absolute Gasteiger partial charge is 0.497 e. The molecule has 0 spiro atoms. The summed E-state index contributed by atoms with van der Waals surface area (Å²) in [6, 6.07) is 7.04. The molecule has 0 aliphatic carbocycles. The standard InChI is InChI=1S/C18H15F3N2O2/c1-23-9-22-17(10-6-14(19)16(21)15(20)7-10)18(23)11-4-12(24-2)8-13(5-11)25-3/h4-9H,1-3H3. The number of rotatable bonds is 4. The molecule has 0 amide bonds. The number of nitrogens with zero attached hydrogens (tertiary/aromatic N) is 2. The van der Waals surface area contributed by atoms with Gasteiger partial charge in [0.1, 0.15) is 11.5 Å². The normalized spacial score (nSPS) is 10.8. The van der Waals surface area contributed by atoms with Gasteiger partial charge in [0.05, 0.1) is 31.9 Å². The minimum Gasteiger partial charge on any atom is -0.497 e. The Hall–Kier alpha value is -2.96. The van der Waals surface area contributed by atoms with Gasteiger partial charge in [-0.1, -0.05) is 0 Å². The molecule has 0 radical (unpaired) electrons. The van der Waals surface area contributed by atoms with Crippen molar-refractivity contribution in [3.05, 3.63) is 54.1 Å². The lowest BCUT2D eigenvalue weighted by molar-refractivity contribution is 0.394. The van der Waals surface area contributed by atoms with E-state index in [2.05, 4.69) is 4.98 Å². The van der Waals surface area contributed by atoms with Gasteiger partial charge < -0.3 is 14.0 Å². The Balaban J connectivity index is 2.22. The van der Waals surface area contributed by atoms with Gasteiger partial charge in [0.15, 0.2) is 17.5 Å². The fourth-order valence-corrected chi connectivity index (χ4v) is 2.62. The molecule has 25 heavy (non-hydrogen) atoms. The third kappa shape index (κ3) is 3.05. The maximum absolute atomic E-state index is 13.6. The smallest absolute Gasteiger partial charge is 0.194 e. The summed E-state index contributed by atoms with van der Waals surface area (Å²) in [7, 11) is 4.79. The van der Waals surface area contributed by atoms with Gasteiger partial charge in [-0.15, -0.1) is 0 Å². The lowest BCUT2D eigenvalue weighted by Crippen LogP contribution is -1.96. The summed E-state index contributed by atoms with van der Waals surface area (Å²) in [6.07, 6.45) is 1.51.